The minimum atomic E-state index is -0.843. The molecule has 0 N–H and O–H groups in total. The Labute approximate surface area is 170 Å². The first-order valence-electron chi connectivity index (χ1n) is 10.7. The van der Waals surface area contributed by atoms with E-state index in [4.69, 9.17) is 14.2 Å². The predicted molar refractivity (Wildman–Crippen MR) is 106 cm³/mol. The molecule has 1 aliphatic carbocycles. The van der Waals surface area contributed by atoms with Gasteiger partial charge >= 0.3 is 0 Å². The standard InChI is InChI=1S/C23H26N2O4/c1-27-23(28-2)19-13-8-10-29-16-7-9-25-15-6-4-3-5-14(15)22(20(25)18(16)19)17(26)12-24(11-13)21(22)23/h3-6,8,16,18-21H,7,9-12H2,1-2H3/t16-,18+,19-,20-,21-,22?/m0/s1. The molecule has 0 amide bonds. The van der Waals surface area contributed by atoms with Crippen LogP contribution in [0.2, 0.25) is 0 Å². The van der Waals surface area contributed by atoms with Crippen LogP contribution >= 0.6 is 0 Å². The molecule has 6 aliphatic rings. The largest absolute Gasteiger partial charge is 0.374 e. The Bertz CT molecular complexity index is 956. The van der Waals surface area contributed by atoms with Gasteiger partial charge in [-0.1, -0.05) is 24.3 Å². The Morgan fingerprint density at radius 3 is 2.83 bits per heavy atom. The van der Waals surface area contributed by atoms with Gasteiger partial charge in [0.15, 0.2) is 11.6 Å². The fraction of sp³-hybridized carbons (Fsp3) is 0.609. The lowest BCUT2D eigenvalue weighted by molar-refractivity contribution is -0.312. The molecule has 7 rings (SSSR count). The summed E-state index contributed by atoms with van der Waals surface area (Å²) in [5.41, 5.74) is 3.08. The monoisotopic (exact) mass is 394 g/mol. The van der Waals surface area contributed by atoms with Gasteiger partial charge < -0.3 is 19.1 Å². The number of rotatable bonds is 2. The van der Waals surface area contributed by atoms with E-state index in [0.29, 0.717) is 18.9 Å². The normalized spacial score (nSPS) is 43.1. The molecular weight excluding hydrogens is 368 g/mol. The SMILES string of the molecule is COC1(OC)[C@H]2N3CC(=O)C24c2ccccc2N2CC[C@@H]5OCC=C(C3)[C@H]1[C@@H]5[C@H]24. The van der Waals surface area contributed by atoms with E-state index in [1.807, 2.05) is 0 Å². The number of benzene rings is 1. The lowest BCUT2D eigenvalue weighted by atomic mass is 9.50. The van der Waals surface area contributed by atoms with Gasteiger partial charge in [0.2, 0.25) is 0 Å². The van der Waals surface area contributed by atoms with Crippen molar-refractivity contribution in [3.05, 3.63) is 41.5 Å². The van der Waals surface area contributed by atoms with Gasteiger partial charge in [-0.05, 0) is 23.6 Å². The summed E-state index contributed by atoms with van der Waals surface area (Å²) >= 11 is 0. The number of para-hydroxylation sites is 1. The molecule has 6 heteroatoms. The Morgan fingerprint density at radius 1 is 1.17 bits per heavy atom. The molecule has 2 bridgehead atoms. The van der Waals surface area contributed by atoms with Crippen LogP contribution in [0, 0.1) is 11.8 Å². The number of carbonyl (C=O) groups is 1. The smallest absolute Gasteiger partial charge is 0.191 e. The number of anilines is 1. The molecule has 1 saturated carbocycles. The Morgan fingerprint density at radius 2 is 2.00 bits per heavy atom. The number of hydrogen-bond acceptors (Lipinski definition) is 6. The van der Waals surface area contributed by atoms with Gasteiger partial charge in [0, 0.05) is 44.8 Å². The maximum Gasteiger partial charge on any atom is 0.191 e. The zero-order valence-electron chi connectivity index (χ0n) is 16.8. The number of fused-ring (bicyclic) bond motifs is 2. The van der Waals surface area contributed by atoms with Crippen molar-refractivity contribution in [3.63, 3.8) is 0 Å². The number of ketones is 1. The summed E-state index contributed by atoms with van der Waals surface area (Å²) in [4.78, 5) is 18.8. The van der Waals surface area contributed by atoms with E-state index >= 15 is 0 Å². The van der Waals surface area contributed by atoms with Crippen molar-refractivity contribution in [1.29, 1.82) is 0 Å². The molecule has 0 radical (unpaired) electrons. The number of piperidine rings is 2. The molecule has 29 heavy (non-hydrogen) atoms. The van der Waals surface area contributed by atoms with Crippen molar-refractivity contribution in [3.8, 4) is 0 Å². The van der Waals surface area contributed by atoms with Crippen LogP contribution < -0.4 is 4.90 Å². The molecule has 1 aromatic rings. The summed E-state index contributed by atoms with van der Waals surface area (Å²) in [6, 6.07) is 8.51. The van der Waals surface area contributed by atoms with Crippen LogP contribution in [0.5, 0.6) is 0 Å². The maximum absolute atomic E-state index is 14.0. The van der Waals surface area contributed by atoms with E-state index < -0.39 is 11.2 Å². The molecule has 6 nitrogen and oxygen atoms in total. The quantitative estimate of drug-likeness (QED) is 0.558. The number of Topliss-reactive ketones (excluding diaryl/α,β-unsaturated/α-hetero) is 1. The van der Waals surface area contributed by atoms with Gasteiger partial charge in [-0.2, -0.15) is 0 Å². The molecule has 3 saturated heterocycles. The van der Waals surface area contributed by atoms with E-state index in [1.165, 1.54) is 11.3 Å². The molecule has 1 unspecified atom stereocenters. The topological polar surface area (TPSA) is 51.2 Å². The van der Waals surface area contributed by atoms with Crippen molar-refractivity contribution >= 4 is 11.5 Å². The molecular formula is C23H26N2O4. The van der Waals surface area contributed by atoms with Crippen molar-refractivity contribution < 1.29 is 19.0 Å². The number of nitrogens with zero attached hydrogens (tertiary/aromatic N) is 2. The zero-order valence-corrected chi connectivity index (χ0v) is 16.8. The maximum atomic E-state index is 14.0. The van der Waals surface area contributed by atoms with Crippen molar-refractivity contribution in [2.75, 3.05) is 45.4 Å². The van der Waals surface area contributed by atoms with E-state index in [9.17, 15) is 4.79 Å². The highest BCUT2D eigenvalue weighted by Gasteiger charge is 2.80. The van der Waals surface area contributed by atoms with Gasteiger partial charge in [0.05, 0.1) is 36.8 Å². The van der Waals surface area contributed by atoms with Gasteiger partial charge in [-0.15, -0.1) is 0 Å². The van der Waals surface area contributed by atoms with Crippen molar-refractivity contribution in [2.24, 2.45) is 11.8 Å². The van der Waals surface area contributed by atoms with Crippen LogP contribution in [-0.2, 0) is 24.4 Å². The highest BCUT2D eigenvalue weighted by molar-refractivity contribution is 6.01. The number of carbonyl (C=O) groups excluding carboxylic acids is 1. The highest BCUT2D eigenvalue weighted by atomic mass is 16.7. The summed E-state index contributed by atoms with van der Waals surface area (Å²) in [5.74, 6) is -0.256. The average Bonchev–Trinajstić information content (AvgIpc) is 3.14. The fourth-order valence-electron chi connectivity index (χ4n) is 8.15. The highest BCUT2D eigenvalue weighted by Crippen LogP contribution is 2.67. The molecule has 1 aromatic carbocycles. The first-order chi connectivity index (χ1) is 14.2. The van der Waals surface area contributed by atoms with Crippen molar-refractivity contribution in [2.45, 2.75) is 35.8 Å². The predicted octanol–water partition coefficient (Wildman–Crippen LogP) is 1.34. The van der Waals surface area contributed by atoms with Gasteiger partial charge in [0.1, 0.15) is 0 Å². The Hall–Kier alpha value is -1.73. The summed E-state index contributed by atoms with van der Waals surface area (Å²) in [6.07, 6.45) is 3.32. The number of methoxy groups -OCH3 is 2. The third-order valence-corrected chi connectivity index (χ3v) is 8.79. The van der Waals surface area contributed by atoms with Crippen LogP contribution in [-0.4, -0.2) is 75.1 Å². The minimum absolute atomic E-state index is 0.103. The lowest BCUT2D eigenvalue weighted by Gasteiger charge is -2.65. The second-order valence-electron chi connectivity index (χ2n) is 9.38. The number of ether oxygens (including phenoxy) is 3. The van der Waals surface area contributed by atoms with Gasteiger partial charge in [-0.25, -0.2) is 0 Å². The summed E-state index contributed by atoms with van der Waals surface area (Å²) in [6.45, 7) is 2.83. The molecule has 0 aromatic heterocycles. The van der Waals surface area contributed by atoms with Crippen LogP contribution in [0.15, 0.2) is 35.9 Å². The van der Waals surface area contributed by atoms with Crippen molar-refractivity contribution in [1.82, 2.24) is 4.90 Å². The van der Waals surface area contributed by atoms with Gasteiger partial charge in [0.25, 0.3) is 0 Å². The second kappa shape index (κ2) is 5.30. The van der Waals surface area contributed by atoms with Crippen LogP contribution in [0.1, 0.15) is 12.0 Å². The lowest BCUT2D eigenvalue weighted by Crippen LogP contribution is -2.79. The van der Waals surface area contributed by atoms with E-state index in [0.717, 1.165) is 25.1 Å². The van der Waals surface area contributed by atoms with Gasteiger partial charge in [-0.3, -0.25) is 9.69 Å². The molecule has 5 heterocycles. The number of hydrogen-bond donors (Lipinski definition) is 0. The third kappa shape index (κ3) is 1.60. The first kappa shape index (κ1) is 17.0. The molecule has 1 spiro atoms. The van der Waals surface area contributed by atoms with Crippen LogP contribution in [0.3, 0.4) is 0 Å². The minimum Gasteiger partial charge on any atom is -0.374 e. The van der Waals surface area contributed by atoms with E-state index in [1.54, 1.807) is 14.2 Å². The summed E-state index contributed by atoms with van der Waals surface area (Å²) < 4.78 is 19.0. The summed E-state index contributed by atoms with van der Waals surface area (Å²) in [5, 5.41) is 0. The molecule has 6 atom stereocenters. The fourth-order valence-corrected chi connectivity index (χ4v) is 8.15. The van der Waals surface area contributed by atoms with Crippen LogP contribution in [0.4, 0.5) is 5.69 Å². The molecule has 152 valence electrons. The summed E-state index contributed by atoms with van der Waals surface area (Å²) in [7, 11) is 3.51. The van der Waals surface area contributed by atoms with Crippen LogP contribution in [0.25, 0.3) is 0 Å². The first-order valence-corrected chi connectivity index (χ1v) is 10.7. The van der Waals surface area contributed by atoms with E-state index in [2.05, 4.69) is 40.1 Å². The second-order valence-corrected chi connectivity index (χ2v) is 9.38. The molecule has 4 fully saturated rings. The zero-order chi connectivity index (χ0) is 19.5. The van der Waals surface area contributed by atoms with E-state index in [-0.39, 0.29) is 30.0 Å². The Kier molecular flexibility index (Phi) is 3.11. The molecule has 5 aliphatic heterocycles. The third-order valence-electron chi connectivity index (χ3n) is 8.79. The average molecular weight is 394 g/mol. The Balaban J connectivity index is 1.61.